The molecule has 1 aliphatic carbocycles. The van der Waals surface area contributed by atoms with Crippen LogP contribution in [0.5, 0.6) is 0 Å². The highest BCUT2D eigenvalue weighted by Gasteiger charge is 2.52. The van der Waals surface area contributed by atoms with Crippen molar-refractivity contribution in [1.82, 2.24) is 19.8 Å². The van der Waals surface area contributed by atoms with Crippen LogP contribution in [0.4, 0.5) is 4.79 Å². The van der Waals surface area contributed by atoms with Crippen molar-refractivity contribution in [1.29, 1.82) is 10.5 Å². The quantitative estimate of drug-likeness (QED) is 0.815. The molecule has 8 heteroatoms. The topological polar surface area (TPSA) is 115 Å². The van der Waals surface area contributed by atoms with Crippen molar-refractivity contribution in [2.75, 3.05) is 6.54 Å². The zero-order chi connectivity index (χ0) is 15.7. The van der Waals surface area contributed by atoms with Gasteiger partial charge in [0.25, 0.3) is 5.91 Å². The molecule has 2 heterocycles. The Balaban J connectivity index is 1.74. The Hall–Kier alpha value is -2.87. The number of imide groups is 1. The fourth-order valence-corrected chi connectivity index (χ4v) is 3.16. The Morgan fingerprint density at radius 1 is 1.23 bits per heavy atom. The lowest BCUT2D eigenvalue weighted by atomic mass is 9.98. The molecular weight excluding hydrogens is 284 g/mol. The third kappa shape index (κ3) is 2.01. The molecule has 0 aromatic carbocycles. The maximum Gasteiger partial charge on any atom is 0.325 e. The van der Waals surface area contributed by atoms with E-state index < -0.39 is 5.54 Å². The second-order valence-electron chi connectivity index (χ2n) is 5.53. The van der Waals surface area contributed by atoms with Crippen LogP contribution in [-0.2, 0) is 11.3 Å². The van der Waals surface area contributed by atoms with E-state index in [2.05, 4.69) is 10.3 Å². The standard InChI is InChI=1S/C14H14N6O2/c15-7-10-11(8-16)19(9-17-10)5-6-20-12(21)14(18-13(20)22)3-1-2-4-14/h9H,1-6H2,(H,18,22). The summed E-state index contributed by atoms with van der Waals surface area (Å²) in [6, 6.07) is 3.37. The minimum atomic E-state index is -0.720. The van der Waals surface area contributed by atoms with E-state index in [-0.39, 0.29) is 36.4 Å². The summed E-state index contributed by atoms with van der Waals surface area (Å²) in [6.45, 7) is 0.398. The van der Waals surface area contributed by atoms with Crippen LogP contribution in [0.15, 0.2) is 6.33 Å². The molecule has 3 rings (SSSR count). The predicted molar refractivity (Wildman–Crippen MR) is 73.1 cm³/mol. The molecule has 1 saturated heterocycles. The van der Waals surface area contributed by atoms with Gasteiger partial charge in [0.05, 0.1) is 6.33 Å². The molecule has 1 aliphatic heterocycles. The van der Waals surface area contributed by atoms with E-state index >= 15 is 0 Å². The van der Waals surface area contributed by atoms with Crippen molar-refractivity contribution in [2.24, 2.45) is 0 Å². The number of nitriles is 2. The van der Waals surface area contributed by atoms with Gasteiger partial charge in [-0.15, -0.1) is 0 Å². The molecule has 0 unspecified atom stereocenters. The second kappa shape index (κ2) is 5.15. The van der Waals surface area contributed by atoms with Crippen LogP contribution in [0.25, 0.3) is 0 Å². The number of amides is 3. The van der Waals surface area contributed by atoms with Gasteiger partial charge in [-0.1, -0.05) is 12.8 Å². The van der Waals surface area contributed by atoms with E-state index in [4.69, 9.17) is 10.5 Å². The average molecular weight is 298 g/mol. The Bertz CT molecular complexity index is 717. The van der Waals surface area contributed by atoms with Gasteiger partial charge in [-0.25, -0.2) is 9.78 Å². The third-order valence-electron chi connectivity index (χ3n) is 4.32. The molecule has 112 valence electrons. The monoisotopic (exact) mass is 298 g/mol. The van der Waals surface area contributed by atoms with Gasteiger partial charge in [-0.2, -0.15) is 10.5 Å². The molecule has 0 radical (unpaired) electrons. The first-order valence-corrected chi connectivity index (χ1v) is 7.11. The zero-order valence-corrected chi connectivity index (χ0v) is 11.9. The molecule has 8 nitrogen and oxygen atoms in total. The minimum absolute atomic E-state index is 0.0481. The first-order chi connectivity index (χ1) is 10.6. The fourth-order valence-electron chi connectivity index (χ4n) is 3.16. The number of hydrogen-bond donors (Lipinski definition) is 1. The minimum Gasteiger partial charge on any atom is -0.323 e. The maximum absolute atomic E-state index is 12.5. The van der Waals surface area contributed by atoms with E-state index in [1.807, 2.05) is 12.1 Å². The van der Waals surface area contributed by atoms with E-state index in [1.165, 1.54) is 15.8 Å². The number of hydrogen-bond acceptors (Lipinski definition) is 5. The van der Waals surface area contributed by atoms with E-state index in [9.17, 15) is 9.59 Å². The van der Waals surface area contributed by atoms with Crippen molar-refractivity contribution >= 4 is 11.9 Å². The zero-order valence-electron chi connectivity index (χ0n) is 11.9. The number of urea groups is 1. The largest absolute Gasteiger partial charge is 0.325 e. The summed E-state index contributed by atoms with van der Waals surface area (Å²) in [5.74, 6) is -0.186. The number of rotatable bonds is 3. The smallest absolute Gasteiger partial charge is 0.323 e. The van der Waals surface area contributed by atoms with Crippen molar-refractivity contribution in [2.45, 2.75) is 37.8 Å². The van der Waals surface area contributed by atoms with Crippen LogP contribution < -0.4 is 5.32 Å². The summed E-state index contributed by atoms with van der Waals surface area (Å²) in [7, 11) is 0. The average Bonchev–Trinajstić information content (AvgIpc) is 3.18. The number of imidazole rings is 1. The second-order valence-corrected chi connectivity index (χ2v) is 5.53. The van der Waals surface area contributed by atoms with E-state index in [0.29, 0.717) is 12.8 Å². The van der Waals surface area contributed by atoms with Crippen molar-refractivity contribution in [3.05, 3.63) is 17.7 Å². The first kappa shape index (κ1) is 14.1. The molecule has 1 saturated carbocycles. The summed E-state index contributed by atoms with van der Waals surface area (Å²) >= 11 is 0. The summed E-state index contributed by atoms with van der Waals surface area (Å²) in [5, 5.41) is 20.7. The number of carbonyl (C=O) groups excluding carboxylic acids is 2. The SMILES string of the molecule is N#Cc1ncn(CCN2C(=O)NC3(CCCC3)C2=O)c1C#N. The summed E-state index contributed by atoms with van der Waals surface area (Å²) in [5.41, 5.74) is -0.529. The van der Waals surface area contributed by atoms with Crippen LogP contribution in [0, 0.1) is 22.7 Å². The van der Waals surface area contributed by atoms with Crippen molar-refractivity contribution < 1.29 is 9.59 Å². The van der Waals surface area contributed by atoms with E-state index in [1.54, 1.807) is 0 Å². The lowest BCUT2D eigenvalue weighted by Crippen LogP contribution is -2.44. The Morgan fingerprint density at radius 3 is 2.59 bits per heavy atom. The van der Waals surface area contributed by atoms with Crippen LogP contribution in [0.2, 0.25) is 0 Å². The Kier molecular flexibility index (Phi) is 3.30. The van der Waals surface area contributed by atoms with Gasteiger partial charge in [-0.3, -0.25) is 9.69 Å². The summed E-state index contributed by atoms with van der Waals surface area (Å²) < 4.78 is 1.48. The summed E-state index contributed by atoms with van der Waals surface area (Å²) in [6.07, 6.45) is 4.61. The Labute approximate surface area is 126 Å². The van der Waals surface area contributed by atoms with Crippen molar-refractivity contribution in [3.63, 3.8) is 0 Å². The van der Waals surface area contributed by atoms with Crippen LogP contribution in [-0.4, -0.2) is 38.5 Å². The van der Waals surface area contributed by atoms with Crippen LogP contribution >= 0.6 is 0 Å². The molecule has 1 aromatic rings. The van der Waals surface area contributed by atoms with Gasteiger partial charge in [0.1, 0.15) is 17.7 Å². The van der Waals surface area contributed by atoms with Gasteiger partial charge < -0.3 is 9.88 Å². The molecule has 2 aliphatic rings. The van der Waals surface area contributed by atoms with Crippen molar-refractivity contribution in [3.8, 4) is 12.1 Å². The first-order valence-electron chi connectivity index (χ1n) is 7.11. The molecule has 2 fully saturated rings. The fraction of sp³-hybridized carbons (Fsp3) is 0.500. The van der Waals surface area contributed by atoms with Gasteiger partial charge in [-0.05, 0) is 12.8 Å². The number of aromatic nitrogens is 2. The van der Waals surface area contributed by atoms with E-state index in [0.717, 1.165) is 12.8 Å². The number of nitrogens with one attached hydrogen (secondary N) is 1. The van der Waals surface area contributed by atoms with Crippen LogP contribution in [0.1, 0.15) is 37.1 Å². The van der Waals surface area contributed by atoms with Crippen LogP contribution in [0.3, 0.4) is 0 Å². The predicted octanol–water partition coefficient (Wildman–Crippen LogP) is 0.491. The summed E-state index contributed by atoms with van der Waals surface area (Å²) in [4.78, 5) is 29.5. The highest BCUT2D eigenvalue weighted by molar-refractivity contribution is 6.07. The molecular formula is C14H14N6O2. The highest BCUT2D eigenvalue weighted by Crippen LogP contribution is 2.34. The molecule has 0 bridgehead atoms. The molecule has 1 spiro atoms. The molecule has 1 N–H and O–H groups in total. The molecule has 0 atom stereocenters. The number of carbonyl (C=O) groups is 2. The van der Waals surface area contributed by atoms with Gasteiger partial charge in [0.2, 0.25) is 0 Å². The third-order valence-corrected chi connectivity index (χ3v) is 4.32. The maximum atomic E-state index is 12.5. The molecule has 1 aromatic heterocycles. The molecule has 22 heavy (non-hydrogen) atoms. The Morgan fingerprint density at radius 2 is 1.95 bits per heavy atom. The van der Waals surface area contributed by atoms with Gasteiger partial charge in [0.15, 0.2) is 11.4 Å². The number of nitrogens with zero attached hydrogens (tertiary/aromatic N) is 5. The highest BCUT2D eigenvalue weighted by atomic mass is 16.2. The van der Waals surface area contributed by atoms with Gasteiger partial charge >= 0.3 is 6.03 Å². The lowest BCUT2D eigenvalue weighted by molar-refractivity contribution is -0.131. The van der Waals surface area contributed by atoms with Gasteiger partial charge in [0, 0.05) is 13.1 Å². The normalized spacial score (nSPS) is 19.3. The molecule has 3 amide bonds. The lowest BCUT2D eigenvalue weighted by Gasteiger charge is -2.20.